The van der Waals surface area contributed by atoms with Gasteiger partial charge in [0.15, 0.2) is 5.82 Å². The van der Waals surface area contributed by atoms with Gasteiger partial charge in [-0.3, -0.25) is 10.3 Å². The second-order valence-electron chi connectivity index (χ2n) is 6.67. The highest BCUT2D eigenvalue weighted by molar-refractivity contribution is 6.35. The van der Waals surface area contributed by atoms with E-state index >= 15 is 0 Å². The molecule has 0 saturated carbocycles. The number of halogens is 1. The molecular weight excluding hydrogens is 378 g/mol. The van der Waals surface area contributed by atoms with Crippen LogP contribution in [0.5, 0.6) is 0 Å². The van der Waals surface area contributed by atoms with Gasteiger partial charge >= 0.3 is 6.03 Å². The van der Waals surface area contributed by atoms with Gasteiger partial charge in [-0.1, -0.05) is 18.5 Å². The van der Waals surface area contributed by atoms with E-state index in [1.807, 2.05) is 24.4 Å². The lowest BCUT2D eigenvalue weighted by atomic mass is 9.99. The molecule has 7 nitrogen and oxygen atoms in total. The Morgan fingerprint density at radius 2 is 2.21 bits per heavy atom. The minimum Gasteiger partial charge on any atom is -0.379 e. The molecule has 8 heteroatoms. The van der Waals surface area contributed by atoms with Crippen molar-refractivity contribution in [3.63, 3.8) is 0 Å². The van der Waals surface area contributed by atoms with Gasteiger partial charge in [0.1, 0.15) is 5.52 Å². The monoisotopic (exact) mass is 397 g/mol. The van der Waals surface area contributed by atoms with Crippen LogP contribution in [0.15, 0.2) is 36.7 Å². The van der Waals surface area contributed by atoms with Crippen LogP contribution in [0, 0.1) is 0 Å². The zero-order valence-electron chi connectivity index (χ0n) is 15.4. The van der Waals surface area contributed by atoms with Crippen LogP contribution in [0.2, 0.25) is 5.02 Å². The van der Waals surface area contributed by atoms with E-state index in [1.54, 1.807) is 12.3 Å². The molecular formula is C20H20ClN5O2. The first-order valence-electron chi connectivity index (χ1n) is 9.19. The van der Waals surface area contributed by atoms with Crippen molar-refractivity contribution in [3.8, 4) is 11.1 Å². The van der Waals surface area contributed by atoms with Gasteiger partial charge in [-0.2, -0.15) is 0 Å². The third-order valence-corrected chi connectivity index (χ3v) is 5.04. The Hall–Kier alpha value is -2.77. The highest BCUT2D eigenvalue weighted by atomic mass is 35.5. The number of aromatic nitrogens is 3. The molecule has 0 radical (unpaired) electrons. The lowest BCUT2D eigenvalue weighted by Crippen LogP contribution is -2.38. The number of nitrogens with one attached hydrogen (secondary N) is 2. The maximum Gasteiger partial charge on any atom is 0.320 e. The summed E-state index contributed by atoms with van der Waals surface area (Å²) in [4.78, 5) is 16.4. The van der Waals surface area contributed by atoms with Crippen molar-refractivity contribution in [1.82, 2.24) is 20.5 Å². The summed E-state index contributed by atoms with van der Waals surface area (Å²) in [5.41, 5.74) is 3.75. The molecule has 1 saturated heterocycles. The Kier molecular flexibility index (Phi) is 5.36. The summed E-state index contributed by atoms with van der Waals surface area (Å²) >= 11 is 6.44. The Morgan fingerprint density at radius 3 is 3.00 bits per heavy atom. The fraction of sp³-hybridized carbons (Fsp3) is 0.300. The van der Waals surface area contributed by atoms with Gasteiger partial charge in [0.05, 0.1) is 17.7 Å². The number of carbonyl (C=O) groups excluding carboxylic acids is 1. The molecule has 1 aliphatic rings. The van der Waals surface area contributed by atoms with Gasteiger partial charge in [-0.15, -0.1) is 10.2 Å². The minimum atomic E-state index is -0.327. The molecule has 0 bridgehead atoms. The van der Waals surface area contributed by atoms with E-state index in [2.05, 4.69) is 32.7 Å². The van der Waals surface area contributed by atoms with E-state index in [-0.39, 0.29) is 12.1 Å². The van der Waals surface area contributed by atoms with Crippen LogP contribution in [-0.2, 0) is 11.2 Å². The van der Waals surface area contributed by atoms with Crippen molar-refractivity contribution in [2.45, 2.75) is 25.8 Å². The normalized spacial score (nSPS) is 16.3. The van der Waals surface area contributed by atoms with Crippen molar-refractivity contribution >= 4 is 34.4 Å². The second kappa shape index (κ2) is 8.08. The molecule has 3 heterocycles. The third-order valence-electron chi connectivity index (χ3n) is 4.75. The number of urea groups is 1. The third kappa shape index (κ3) is 3.90. The molecule has 1 unspecified atom stereocenters. The minimum absolute atomic E-state index is 0.0208. The fourth-order valence-electron chi connectivity index (χ4n) is 3.31. The molecule has 144 valence electrons. The number of hydrogen-bond donors (Lipinski definition) is 2. The van der Waals surface area contributed by atoms with E-state index in [0.717, 1.165) is 29.4 Å². The highest BCUT2D eigenvalue weighted by Gasteiger charge is 2.18. The van der Waals surface area contributed by atoms with Gasteiger partial charge in [-0.05, 0) is 48.2 Å². The maximum atomic E-state index is 12.2. The molecule has 1 atom stereocenters. The number of amides is 2. The first-order chi connectivity index (χ1) is 13.6. The molecule has 0 aliphatic carbocycles. The first-order valence-corrected chi connectivity index (χ1v) is 9.57. The molecule has 1 aromatic carbocycles. The Morgan fingerprint density at radius 1 is 1.32 bits per heavy atom. The number of ether oxygens (including phenoxy) is 1. The van der Waals surface area contributed by atoms with Crippen LogP contribution >= 0.6 is 11.6 Å². The predicted molar refractivity (Wildman–Crippen MR) is 109 cm³/mol. The van der Waals surface area contributed by atoms with Crippen molar-refractivity contribution in [1.29, 1.82) is 0 Å². The summed E-state index contributed by atoms with van der Waals surface area (Å²) < 4.78 is 5.26. The number of fused-ring (bicyclic) bond motifs is 1. The van der Waals surface area contributed by atoms with E-state index in [9.17, 15) is 4.79 Å². The highest BCUT2D eigenvalue weighted by Crippen LogP contribution is 2.31. The van der Waals surface area contributed by atoms with E-state index in [4.69, 9.17) is 16.3 Å². The summed E-state index contributed by atoms with van der Waals surface area (Å²) in [7, 11) is 0. The topological polar surface area (TPSA) is 89.0 Å². The van der Waals surface area contributed by atoms with Crippen molar-refractivity contribution in [2.24, 2.45) is 0 Å². The van der Waals surface area contributed by atoms with Crippen LogP contribution in [0.25, 0.3) is 22.0 Å². The van der Waals surface area contributed by atoms with Gasteiger partial charge in [0, 0.05) is 30.0 Å². The number of pyridine rings is 1. The van der Waals surface area contributed by atoms with Gasteiger partial charge < -0.3 is 10.1 Å². The van der Waals surface area contributed by atoms with Crippen molar-refractivity contribution in [3.05, 3.63) is 47.2 Å². The molecule has 1 fully saturated rings. The van der Waals surface area contributed by atoms with E-state index in [0.29, 0.717) is 29.6 Å². The number of aryl methyl sites for hydroxylation is 1. The fourth-order valence-corrected chi connectivity index (χ4v) is 3.57. The van der Waals surface area contributed by atoms with Crippen molar-refractivity contribution in [2.75, 3.05) is 18.5 Å². The molecule has 2 amide bonds. The molecule has 4 rings (SSSR count). The first kappa shape index (κ1) is 18.6. The van der Waals surface area contributed by atoms with Crippen LogP contribution in [0.4, 0.5) is 10.6 Å². The summed E-state index contributed by atoms with van der Waals surface area (Å²) in [5.74, 6) is 0.360. The van der Waals surface area contributed by atoms with Gasteiger partial charge in [0.25, 0.3) is 0 Å². The van der Waals surface area contributed by atoms with Crippen LogP contribution in [0.1, 0.15) is 18.9 Å². The number of anilines is 1. The van der Waals surface area contributed by atoms with Crippen molar-refractivity contribution < 1.29 is 9.53 Å². The van der Waals surface area contributed by atoms with E-state index in [1.165, 1.54) is 5.56 Å². The SMILES string of the molecule is CCc1ccncc1-c1cc(Cl)c2nnc(NC(=O)NC3CCOC3)cc2c1. The summed E-state index contributed by atoms with van der Waals surface area (Å²) in [6, 6.07) is 7.32. The van der Waals surface area contributed by atoms with Crippen LogP contribution in [-0.4, -0.2) is 40.5 Å². The summed E-state index contributed by atoms with van der Waals surface area (Å²) in [6.45, 7) is 3.29. The molecule has 1 aliphatic heterocycles. The molecule has 2 aromatic heterocycles. The number of nitrogens with zero attached hydrogens (tertiary/aromatic N) is 3. The second-order valence-corrected chi connectivity index (χ2v) is 7.08. The van der Waals surface area contributed by atoms with Gasteiger partial charge in [0.2, 0.25) is 0 Å². The van der Waals surface area contributed by atoms with Crippen LogP contribution < -0.4 is 10.6 Å². The number of rotatable bonds is 4. The average molecular weight is 398 g/mol. The molecule has 0 spiro atoms. The number of carbonyl (C=O) groups is 1. The zero-order valence-corrected chi connectivity index (χ0v) is 16.2. The quantitative estimate of drug-likeness (QED) is 0.698. The lowest BCUT2D eigenvalue weighted by Gasteiger charge is -2.12. The average Bonchev–Trinajstić information content (AvgIpc) is 3.20. The zero-order chi connectivity index (χ0) is 19.5. The largest absolute Gasteiger partial charge is 0.379 e. The molecule has 28 heavy (non-hydrogen) atoms. The van der Waals surface area contributed by atoms with Gasteiger partial charge in [-0.25, -0.2) is 4.79 Å². The number of hydrogen-bond acceptors (Lipinski definition) is 5. The molecule has 3 aromatic rings. The smallest absolute Gasteiger partial charge is 0.320 e. The Labute approximate surface area is 167 Å². The standard InChI is InChI=1S/C20H20ClN5O2/c1-2-12-3-5-22-10-16(12)13-7-14-9-18(25-26-19(14)17(21)8-13)24-20(27)23-15-4-6-28-11-15/h3,5,7-10,15H,2,4,6,11H2,1H3,(H2,23,24,25,27). The molecule has 2 N–H and O–H groups in total. The predicted octanol–water partition coefficient (Wildman–Crippen LogP) is 3.82. The lowest BCUT2D eigenvalue weighted by molar-refractivity contribution is 0.189. The maximum absolute atomic E-state index is 12.2. The Balaban J connectivity index is 1.63. The van der Waals surface area contributed by atoms with Crippen LogP contribution in [0.3, 0.4) is 0 Å². The van der Waals surface area contributed by atoms with E-state index < -0.39 is 0 Å². The number of benzene rings is 1. The summed E-state index contributed by atoms with van der Waals surface area (Å²) in [5, 5.41) is 15.1. The summed E-state index contributed by atoms with van der Waals surface area (Å²) in [6.07, 6.45) is 5.31. The Bertz CT molecular complexity index is 1020.